The monoisotopic (exact) mass is 441 g/mol. The molecule has 1 unspecified atom stereocenters. The minimum atomic E-state index is -0.392. The Morgan fingerprint density at radius 1 is 0.818 bits per heavy atom. The largest absolute Gasteiger partial charge is 0.366 e. The lowest BCUT2D eigenvalue weighted by atomic mass is 9.84. The smallest absolute Gasteiger partial charge is 0.115 e. The van der Waals surface area contributed by atoms with Crippen molar-refractivity contribution in [3.8, 4) is 6.07 Å². The van der Waals surface area contributed by atoms with Crippen LogP contribution in [0.2, 0.25) is 0 Å². The van der Waals surface area contributed by atoms with E-state index in [9.17, 15) is 0 Å². The number of benzene rings is 2. The molecule has 3 rings (SSSR count). The molecule has 0 aromatic heterocycles. The molecule has 1 aliphatic carbocycles. The summed E-state index contributed by atoms with van der Waals surface area (Å²) in [6.07, 6.45) is 20.8. The zero-order valence-corrected chi connectivity index (χ0v) is 20.3. The van der Waals surface area contributed by atoms with Gasteiger partial charge in [0.05, 0.1) is 11.6 Å². The second kappa shape index (κ2) is 13.8. The summed E-state index contributed by atoms with van der Waals surface area (Å²) in [5.41, 5.74) is 3.84. The first kappa shape index (κ1) is 25.0. The first-order chi connectivity index (χ1) is 16.3. The molecule has 0 heterocycles. The number of unbranched alkanes of at least 4 members (excludes halogenated alkanes) is 9. The maximum Gasteiger partial charge on any atom is 0.115 e. The highest BCUT2D eigenvalue weighted by molar-refractivity contribution is 5.76. The highest BCUT2D eigenvalue weighted by Crippen LogP contribution is 2.37. The first-order valence-electron chi connectivity index (χ1n) is 12.9. The second-order valence-corrected chi connectivity index (χ2v) is 9.17. The lowest BCUT2D eigenvalue weighted by molar-refractivity contribution is -0.0129. The molecule has 0 spiro atoms. The van der Waals surface area contributed by atoms with Crippen LogP contribution in [0, 0.1) is 11.3 Å². The van der Waals surface area contributed by atoms with Crippen molar-refractivity contribution in [2.75, 3.05) is 6.61 Å². The lowest BCUT2D eigenvalue weighted by Gasteiger charge is -2.33. The van der Waals surface area contributed by atoms with E-state index >= 15 is 0 Å². The van der Waals surface area contributed by atoms with Gasteiger partial charge in [-0.05, 0) is 41.3 Å². The Morgan fingerprint density at radius 3 is 2.03 bits per heavy atom. The Hall–Kier alpha value is -2.63. The standard InChI is InChI=1S/C31H39NO/c1-2-3-4-5-6-7-8-9-10-14-25-33-31(30-15-12-11-13-16-30)23-21-29(22-24-31)28-19-17-27(26-32)18-20-28/h11-13,15-23H,2-10,14,24-25H2,1H3. The Bertz CT molecular complexity index is 920. The van der Waals surface area contributed by atoms with Gasteiger partial charge in [0.2, 0.25) is 0 Å². The predicted octanol–water partition coefficient (Wildman–Crippen LogP) is 8.73. The Kier molecular flexibility index (Phi) is 10.5. The minimum absolute atomic E-state index is 0.392. The van der Waals surface area contributed by atoms with Crippen LogP contribution in [0.1, 0.15) is 94.2 Å². The van der Waals surface area contributed by atoms with E-state index in [0.29, 0.717) is 5.56 Å². The van der Waals surface area contributed by atoms with Crippen molar-refractivity contribution in [1.82, 2.24) is 0 Å². The number of rotatable bonds is 14. The molecule has 0 bridgehead atoms. The number of nitriles is 1. The number of hydrogen-bond donors (Lipinski definition) is 0. The summed E-state index contributed by atoms with van der Waals surface area (Å²) >= 11 is 0. The van der Waals surface area contributed by atoms with Crippen molar-refractivity contribution >= 4 is 5.57 Å². The van der Waals surface area contributed by atoms with Gasteiger partial charge in [-0.2, -0.15) is 5.26 Å². The maximum absolute atomic E-state index is 9.04. The molecular formula is C31H39NO. The van der Waals surface area contributed by atoms with Crippen LogP contribution in [0.25, 0.3) is 5.57 Å². The van der Waals surface area contributed by atoms with Crippen LogP contribution in [0.4, 0.5) is 0 Å². The van der Waals surface area contributed by atoms with Gasteiger partial charge in [-0.1, -0.05) is 119 Å². The highest BCUT2D eigenvalue weighted by Gasteiger charge is 2.31. The van der Waals surface area contributed by atoms with Crippen molar-refractivity contribution in [3.05, 3.63) is 89.5 Å². The minimum Gasteiger partial charge on any atom is -0.366 e. The maximum atomic E-state index is 9.04. The first-order valence-corrected chi connectivity index (χ1v) is 12.9. The molecule has 2 heteroatoms. The molecule has 1 aliphatic rings. The van der Waals surface area contributed by atoms with Gasteiger partial charge < -0.3 is 4.74 Å². The van der Waals surface area contributed by atoms with E-state index in [-0.39, 0.29) is 0 Å². The van der Waals surface area contributed by atoms with Gasteiger partial charge in [0.1, 0.15) is 5.60 Å². The average molecular weight is 442 g/mol. The van der Waals surface area contributed by atoms with Gasteiger partial charge in [0.25, 0.3) is 0 Å². The molecule has 0 aliphatic heterocycles. The number of hydrogen-bond acceptors (Lipinski definition) is 2. The number of ether oxygens (including phenoxy) is 1. The molecule has 2 aromatic rings. The zero-order valence-electron chi connectivity index (χ0n) is 20.3. The van der Waals surface area contributed by atoms with Crippen molar-refractivity contribution in [2.45, 2.75) is 83.2 Å². The van der Waals surface area contributed by atoms with E-state index < -0.39 is 5.60 Å². The molecule has 0 saturated heterocycles. The van der Waals surface area contributed by atoms with Gasteiger partial charge in [0, 0.05) is 13.0 Å². The topological polar surface area (TPSA) is 33.0 Å². The Labute approximate surface area is 201 Å². The summed E-state index contributed by atoms with van der Waals surface area (Å²) in [7, 11) is 0. The average Bonchev–Trinajstić information content (AvgIpc) is 2.88. The molecule has 0 amide bonds. The fraction of sp³-hybridized carbons (Fsp3) is 0.452. The third-order valence-electron chi connectivity index (χ3n) is 6.62. The second-order valence-electron chi connectivity index (χ2n) is 9.17. The van der Waals surface area contributed by atoms with Crippen LogP contribution in [0.5, 0.6) is 0 Å². The van der Waals surface area contributed by atoms with Gasteiger partial charge >= 0.3 is 0 Å². The summed E-state index contributed by atoms with van der Waals surface area (Å²) in [5, 5.41) is 9.04. The summed E-state index contributed by atoms with van der Waals surface area (Å²) in [4.78, 5) is 0. The molecule has 0 N–H and O–H groups in total. The SMILES string of the molecule is CCCCCCCCCCCCOC1(c2ccccc2)C=CC(c2ccc(C#N)cc2)=CC1. The van der Waals surface area contributed by atoms with Crippen molar-refractivity contribution < 1.29 is 4.74 Å². The quantitative estimate of drug-likeness (QED) is 0.275. The molecule has 174 valence electrons. The fourth-order valence-electron chi connectivity index (χ4n) is 4.54. The summed E-state index contributed by atoms with van der Waals surface area (Å²) in [6, 6.07) is 20.6. The Balaban J connectivity index is 1.49. The van der Waals surface area contributed by atoms with Crippen LogP contribution in [0.15, 0.2) is 72.8 Å². The van der Waals surface area contributed by atoms with Gasteiger partial charge in [0.15, 0.2) is 0 Å². The van der Waals surface area contributed by atoms with E-state index in [1.54, 1.807) is 0 Å². The zero-order chi connectivity index (χ0) is 23.2. The van der Waals surface area contributed by atoms with Crippen LogP contribution in [-0.2, 0) is 10.3 Å². The molecule has 2 nitrogen and oxygen atoms in total. The van der Waals surface area contributed by atoms with Crippen LogP contribution in [-0.4, -0.2) is 6.61 Å². The normalized spacial score (nSPS) is 17.5. The van der Waals surface area contributed by atoms with Crippen molar-refractivity contribution in [2.24, 2.45) is 0 Å². The molecule has 0 radical (unpaired) electrons. The van der Waals surface area contributed by atoms with Crippen LogP contribution in [0.3, 0.4) is 0 Å². The molecule has 33 heavy (non-hydrogen) atoms. The van der Waals surface area contributed by atoms with E-state index in [2.05, 4.69) is 61.6 Å². The van der Waals surface area contributed by atoms with Crippen LogP contribution >= 0.6 is 0 Å². The lowest BCUT2D eigenvalue weighted by Crippen LogP contribution is -2.29. The molecule has 0 fully saturated rings. The van der Waals surface area contributed by atoms with E-state index in [0.717, 1.165) is 25.0 Å². The van der Waals surface area contributed by atoms with Gasteiger partial charge in [-0.25, -0.2) is 0 Å². The Morgan fingerprint density at radius 2 is 1.45 bits per heavy atom. The summed E-state index contributed by atoms with van der Waals surface area (Å²) in [5.74, 6) is 0. The number of allylic oxidation sites excluding steroid dienone is 2. The third kappa shape index (κ3) is 7.72. The van der Waals surface area contributed by atoms with E-state index in [1.807, 2.05) is 24.3 Å². The van der Waals surface area contributed by atoms with E-state index in [1.165, 1.54) is 68.9 Å². The highest BCUT2D eigenvalue weighted by atomic mass is 16.5. The van der Waals surface area contributed by atoms with E-state index in [4.69, 9.17) is 10.00 Å². The fourth-order valence-corrected chi connectivity index (χ4v) is 4.54. The van der Waals surface area contributed by atoms with Crippen molar-refractivity contribution in [3.63, 3.8) is 0 Å². The van der Waals surface area contributed by atoms with Gasteiger partial charge in [-0.15, -0.1) is 0 Å². The molecule has 1 atom stereocenters. The van der Waals surface area contributed by atoms with Crippen LogP contribution < -0.4 is 0 Å². The molecule has 0 saturated carbocycles. The summed E-state index contributed by atoms with van der Waals surface area (Å²) < 4.78 is 6.57. The molecular weight excluding hydrogens is 402 g/mol. The predicted molar refractivity (Wildman–Crippen MR) is 139 cm³/mol. The molecule has 2 aromatic carbocycles. The van der Waals surface area contributed by atoms with Gasteiger partial charge in [-0.3, -0.25) is 0 Å². The van der Waals surface area contributed by atoms with Crippen molar-refractivity contribution in [1.29, 1.82) is 5.26 Å². The third-order valence-corrected chi connectivity index (χ3v) is 6.62. The number of nitrogens with zero attached hydrogens (tertiary/aromatic N) is 1. The summed E-state index contributed by atoms with van der Waals surface area (Å²) in [6.45, 7) is 3.06.